The van der Waals surface area contributed by atoms with E-state index in [4.69, 9.17) is 0 Å². The minimum Gasteiger partial charge on any atom is -0.310 e. The van der Waals surface area contributed by atoms with Crippen LogP contribution in [0.15, 0.2) is 48.7 Å². The van der Waals surface area contributed by atoms with Crippen molar-refractivity contribution >= 4 is 34.3 Å². The summed E-state index contributed by atoms with van der Waals surface area (Å²) in [6.45, 7) is 2.01. The highest BCUT2D eigenvalue weighted by molar-refractivity contribution is 14.1. The van der Waals surface area contributed by atoms with Gasteiger partial charge in [-0.3, -0.25) is 4.79 Å². The van der Waals surface area contributed by atoms with Crippen molar-refractivity contribution in [1.82, 2.24) is 4.98 Å². The van der Waals surface area contributed by atoms with Gasteiger partial charge in [-0.25, -0.2) is 4.98 Å². The molecule has 2 aromatic rings. The Morgan fingerprint density at radius 2 is 2.00 bits per heavy atom. The number of pyridine rings is 1. The van der Waals surface area contributed by atoms with E-state index in [2.05, 4.69) is 32.9 Å². The SMILES string of the molecule is CCC(C(=O)Nc1ccc(I)cn1)c1ccccc1. The van der Waals surface area contributed by atoms with E-state index in [1.165, 1.54) is 0 Å². The van der Waals surface area contributed by atoms with Gasteiger partial charge < -0.3 is 5.32 Å². The van der Waals surface area contributed by atoms with Crippen molar-refractivity contribution in [2.45, 2.75) is 19.3 Å². The van der Waals surface area contributed by atoms with Gasteiger partial charge in [0.2, 0.25) is 5.91 Å². The average molecular weight is 366 g/mol. The monoisotopic (exact) mass is 366 g/mol. The summed E-state index contributed by atoms with van der Waals surface area (Å²) in [5.74, 6) is 0.449. The van der Waals surface area contributed by atoms with Gasteiger partial charge in [-0.2, -0.15) is 0 Å². The third-order valence-electron chi connectivity index (χ3n) is 2.91. The summed E-state index contributed by atoms with van der Waals surface area (Å²) in [5, 5.41) is 2.87. The number of nitrogens with one attached hydrogen (secondary N) is 1. The molecule has 1 aromatic carbocycles. The van der Waals surface area contributed by atoms with Gasteiger partial charge in [-0.1, -0.05) is 37.3 Å². The van der Waals surface area contributed by atoms with Gasteiger partial charge in [0.05, 0.1) is 5.92 Å². The Labute approximate surface area is 126 Å². The van der Waals surface area contributed by atoms with Crippen LogP contribution in [0.3, 0.4) is 0 Å². The number of carbonyl (C=O) groups excluding carboxylic acids is 1. The van der Waals surface area contributed by atoms with E-state index in [0.29, 0.717) is 5.82 Å². The Kier molecular flexibility index (Phi) is 4.90. The lowest BCUT2D eigenvalue weighted by atomic mass is 9.96. The van der Waals surface area contributed by atoms with Crippen LogP contribution in [-0.4, -0.2) is 10.9 Å². The second-order valence-corrected chi connectivity index (χ2v) is 5.47. The molecule has 1 N–H and O–H groups in total. The number of aromatic nitrogens is 1. The predicted molar refractivity (Wildman–Crippen MR) is 85.1 cm³/mol. The summed E-state index contributed by atoms with van der Waals surface area (Å²) < 4.78 is 1.05. The summed E-state index contributed by atoms with van der Waals surface area (Å²) >= 11 is 2.19. The van der Waals surface area contributed by atoms with Crippen LogP contribution in [0.5, 0.6) is 0 Å². The Balaban J connectivity index is 2.11. The number of benzene rings is 1. The Hall–Kier alpha value is -1.43. The van der Waals surface area contributed by atoms with Crippen LogP contribution in [0.1, 0.15) is 24.8 Å². The summed E-state index contributed by atoms with van der Waals surface area (Å²) in [5.41, 5.74) is 1.04. The molecule has 0 saturated carbocycles. The summed E-state index contributed by atoms with van der Waals surface area (Å²) in [6, 6.07) is 13.6. The first-order valence-corrected chi connectivity index (χ1v) is 7.26. The Morgan fingerprint density at radius 1 is 1.26 bits per heavy atom. The Morgan fingerprint density at radius 3 is 2.58 bits per heavy atom. The van der Waals surface area contributed by atoms with Crippen LogP contribution < -0.4 is 5.32 Å². The van der Waals surface area contributed by atoms with Crippen LogP contribution in [-0.2, 0) is 4.79 Å². The normalized spacial score (nSPS) is 11.9. The van der Waals surface area contributed by atoms with Crippen LogP contribution in [0, 0.1) is 3.57 Å². The number of carbonyl (C=O) groups is 1. The van der Waals surface area contributed by atoms with E-state index in [-0.39, 0.29) is 11.8 Å². The second kappa shape index (κ2) is 6.65. The van der Waals surface area contributed by atoms with Gasteiger partial charge >= 0.3 is 0 Å². The van der Waals surface area contributed by atoms with Gasteiger partial charge in [-0.05, 0) is 46.7 Å². The fourth-order valence-corrected chi connectivity index (χ4v) is 2.24. The first-order chi connectivity index (χ1) is 9.20. The number of hydrogen-bond acceptors (Lipinski definition) is 2. The number of amides is 1. The van der Waals surface area contributed by atoms with E-state index >= 15 is 0 Å². The summed E-state index contributed by atoms with van der Waals surface area (Å²) in [7, 11) is 0. The maximum Gasteiger partial charge on any atom is 0.233 e. The van der Waals surface area contributed by atoms with E-state index in [9.17, 15) is 4.79 Å². The number of rotatable bonds is 4. The first-order valence-electron chi connectivity index (χ1n) is 6.18. The number of halogens is 1. The quantitative estimate of drug-likeness (QED) is 0.836. The molecule has 1 atom stereocenters. The molecule has 0 radical (unpaired) electrons. The number of hydrogen-bond donors (Lipinski definition) is 1. The third kappa shape index (κ3) is 3.76. The van der Waals surface area contributed by atoms with E-state index in [1.807, 2.05) is 49.4 Å². The highest BCUT2D eigenvalue weighted by atomic mass is 127. The van der Waals surface area contributed by atoms with Gasteiger partial charge in [-0.15, -0.1) is 0 Å². The average Bonchev–Trinajstić information content (AvgIpc) is 2.43. The van der Waals surface area contributed by atoms with Crippen molar-refractivity contribution in [1.29, 1.82) is 0 Å². The molecule has 1 aromatic heterocycles. The topological polar surface area (TPSA) is 42.0 Å². The molecular weight excluding hydrogens is 351 g/mol. The number of nitrogens with zero attached hydrogens (tertiary/aromatic N) is 1. The fourth-order valence-electron chi connectivity index (χ4n) is 1.92. The molecule has 0 saturated heterocycles. The van der Waals surface area contributed by atoms with Gasteiger partial charge in [0.1, 0.15) is 5.82 Å². The number of anilines is 1. The zero-order valence-corrected chi connectivity index (χ0v) is 12.8. The fraction of sp³-hybridized carbons (Fsp3) is 0.200. The molecule has 98 valence electrons. The summed E-state index contributed by atoms with van der Waals surface area (Å²) in [4.78, 5) is 16.5. The predicted octanol–water partition coefficient (Wildman–Crippen LogP) is 3.82. The van der Waals surface area contributed by atoms with E-state index in [1.54, 1.807) is 6.20 Å². The molecule has 3 nitrogen and oxygen atoms in total. The van der Waals surface area contributed by atoms with Crippen molar-refractivity contribution in [2.24, 2.45) is 0 Å². The van der Waals surface area contributed by atoms with Crippen LogP contribution in [0.25, 0.3) is 0 Å². The highest BCUT2D eigenvalue weighted by Gasteiger charge is 2.18. The lowest BCUT2D eigenvalue weighted by Gasteiger charge is -2.14. The second-order valence-electron chi connectivity index (χ2n) is 4.22. The molecule has 0 spiro atoms. The van der Waals surface area contributed by atoms with Crippen LogP contribution >= 0.6 is 22.6 Å². The molecule has 1 heterocycles. The molecule has 0 aliphatic heterocycles. The minimum absolute atomic E-state index is 0.0117. The Bertz CT molecular complexity index is 540. The zero-order valence-electron chi connectivity index (χ0n) is 10.6. The smallest absolute Gasteiger partial charge is 0.233 e. The molecule has 2 rings (SSSR count). The molecule has 0 bridgehead atoms. The first kappa shape index (κ1) is 14.0. The minimum atomic E-state index is -0.137. The molecule has 4 heteroatoms. The van der Waals surface area contributed by atoms with Crippen molar-refractivity contribution in [3.8, 4) is 0 Å². The third-order valence-corrected chi connectivity index (χ3v) is 3.54. The maximum absolute atomic E-state index is 12.3. The highest BCUT2D eigenvalue weighted by Crippen LogP contribution is 2.21. The molecule has 19 heavy (non-hydrogen) atoms. The maximum atomic E-state index is 12.3. The summed E-state index contributed by atoms with van der Waals surface area (Å²) in [6.07, 6.45) is 2.50. The lowest BCUT2D eigenvalue weighted by molar-refractivity contribution is -0.117. The van der Waals surface area contributed by atoms with E-state index < -0.39 is 0 Å². The largest absolute Gasteiger partial charge is 0.310 e. The standard InChI is InChI=1S/C15H15IN2O/c1-2-13(11-6-4-3-5-7-11)15(19)18-14-9-8-12(16)10-17-14/h3-10,13H,2H2,1H3,(H,17,18,19). The van der Waals surface area contributed by atoms with Crippen LogP contribution in [0.2, 0.25) is 0 Å². The van der Waals surface area contributed by atoms with Gasteiger partial charge in [0.15, 0.2) is 0 Å². The van der Waals surface area contributed by atoms with Gasteiger partial charge in [0, 0.05) is 9.77 Å². The van der Waals surface area contributed by atoms with Crippen molar-refractivity contribution in [3.05, 3.63) is 57.8 Å². The van der Waals surface area contributed by atoms with Crippen molar-refractivity contribution in [2.75, 3.05) is 5.32 Å². The van der Waals surface area contributed by atoms with Crippen molar-refractivity contribution in [3.63, 3.8) is 0 Å². The molecule has 0 aliphatic rings. The molecule has 0 fully saturated rings. The molecule has 1 amide bonds. The molecule has 0 aliphatic carbocycles. The van der Waals surface area contributed by atoms with Crippen molar-refractivity contribution < 1.29 is 4.79 Å². The molecule has 1 unspecified atom stereocenters. The zero-order chi connectivity index (χ0) is 13.7. The van der Waals surface area contributed by atoms with E-state index in [0.717, 1.165) is 15.6 Å². The molecular formula is C15H15IN2O. The van der Waals surface area contributed by atoms with Gasteiger partial charge in [0.25, 0.3) is 0 Å². The van der Waals surface area contributed by atoms with Crippen LogP contribution in [0.4, 0.5) is 5.82 Å². The lowest BCUT2D eigenvalue weighted by Crippen LogP contribution is -2.21.